The summed E-state index contributed by atoms with van der Waals surface area (Å²) in [5.74, 6) is 0.721. The molecule has 1 aromatic carbocycles. The molecule has 2 aromatic rings. The zero-order chi connectivity index (χ0) is 18.1. The summed E-state index contributed by atoms with van der Waals surface area (Å²) in [6.07, 6.45) is 4.18. The van der Waals surface area contributed by atoms with Crippen molar-refractivity contribution in [2.24, 2.45) is 0 Å². The second-order valence-corrected chi connectivity index (χ2v) is 5.96. The van der Waals surface area contributed by atoms with Crippen LogP contribution in [-0.2, 0) is 0 Å². The summed E-state index contributed by atoms with van der Waals surface area (Å²) in [7, 11) is 4.03. The van der Waals surface area contributed by atoms with Gasteiger partial charge in [0.15, 0.2) is 0 Å². The standard InChI is InChI=1S/C19H26N4O2/c1-4-25-18-8-6-16(7-9-18)22-17-12-15(13-20-14-17)19(24)21-10-5-11-23(2)3/h6-9,12-14,22H,4-5,10-11H2,1-3H3,(H,21,24). The number of hydrogen-bond acceptors (Lipinski definition) is 5. The Morgan fingerprint density at radius 2 is 1.92 bits per heavy atom. The molecule has 0 aliphatic rings. The first-order valence-electron chi connectivity index (χ1n) is 8.46. The molecule has 1 amide bonds. The molecule has 134 valence electrons. The van der Waals surface area contributed by atoms with Gasteiger partial charge in [0.05, 0.1) is 24.1 Å². The smallest absolute Gasteiger partial charge is 0.252 e. The average Bonchev–Trinajstić information content (AvgIpc) is 2.60. The lowest BCUT2D eigenvalue weighted by Gasteiger charge is -2.11. The summed E-state index contributed by atoms with van der Waals surface area (Å²) >= 11 is 0. The molecule has 0 unspecified atom stereocenters. The van der Waals surface area contributed by atoms with Gasteiger partial charge in [0.25, 0.3) is 5.91 Å². The predicted octanol–water partition coefficient (Wildman–Crippen LogP) is 2.91. The number of carbonyl (C=O) groups is 1. The Balaban J connectivity index is 1.92. The molecule has 0 aliphatic heterocycles. The van der Waals surface area contributed by atoms with Gasteiger partial charge < -0.3 is 20.3 Å². The maximum Gasteiger partial charge on any atom is 0.252 e. The van der Waals surface area contributed by atoms with Crippen LogP contribution < -0.4 is 15.4 Å². The van der Waals surface area contributed by atoms with Gasteiger partial charge in [-0.25, -0.2) is 0 Å². The molecular formula is C19H26N4O2. The van der Waals surface area contributed by atoms with Gasteiger partial charge in [0.1, 0.15) is 5.75 Å². The number of nitrogens with zero attached hydrogens (tertiary/aromatic N) is 2. The molecule has 1 heterocycles. The molecular weight excluding hydrogens is 316 g/mol. The Labute approximate surface area is 149 Å². The number of pyridine rings is 1. The van der Waals surface area contributed by atoms with E-state index in [1.807, 2.05) is 45.3 Å². The molecule has 0 spiro atoms. The van der Waals surface area contributed by atoms with Crippen LogP contribution in [0.5, 0.6) is 5.75 Å². The third-order valence-corrected chi connectivity index (χ3v) is 3.52. The number of ether oxygens (including phenoxy) is 1. The second kappa shape index (κ2) is 9.64. The molecule has 6 nitrogen and oxygen atoms in total. The van der Waals surface area contributed by atoms with Gasteiger partial charge in [0, 0.05) is 18.4 Å². The zero-order valence-corrected chi connectivity index (χ0v) is 15.1. The molecule has 0 bridgehead atoms. The Bertz CT molecular complexity index is 671. The van der Waals surface area contributed by atoms with Crippen molar-refractivity contribution >= 4 is 17.3 Å². The number of anilines is 2. The third kappa shape index (κ3) is 6.43. The van der Waals surface area contributed by atoms with E-state index in [0.29, 0.717) is 18.7 Å². The van der Waals surface area contributed by atoms with Gasteiger partial charge in [-0.2, -0.15) is 0 Å². The number of amides is 1. The molecule has 0 fully saturated rings. The molecule has 2 rings (SSSR count). The summed E-state index contributed by atoms with van der Waals surface area (Å²) in [4.78, 5) is 18.4. The maximum atomic E-state index is 12.2. The molecule has 0 saturated carbocycles. The Morgan fingerprint density at radius 1 is 1.16 bits per heavy atom. The summed E-state index contributed by atoms with van der Waals surface area (Å²) in [5, 5.41) is 6.16. The van der Waals surface area contributed by atoms with Gasteiger partial charge in [0.2, 0.25) is 0 Å². The number of nitrogens with one attached hydrogen (secondary N) is 2. The number of hydrogen-bond donors (Lipinski definition) is 2. The predicted molar refractivity (Wildman–Crippen MR) is 101 cm³/mol. The number of rotatable bonds is 9. The van der Waals surface area contributed by atoms with Crippen LogP contribution in [-0.4, -0.2) is 49.6 Å². The summed E-state index contributed by atoms with van der Waals surface area (Å²) < 4.78 is 5.43. The lowest BCUT2D eigenvalue weighted by atomic mass is 10.2. The first-order chi connectivity index (χ1) is 12.1. The zero-order valence-electron chi connectivity index (χ0n) is 15.1. The fourth-order valence-electron chi connectivity index (χ4n) is 2.30. The molecule has 0 atom stereocenters. The SMILES string of the molecule is CCOc1ccc(Nc2cncc(C(=O)NCCCN(C)C)c2)cc1. The van der Waals surface area contributed by atoms with Crippen molar-refractivity contribution in [3.05, 3.63) is 48.3 Å². The highest BCUT2D eigenvalue weighted by Crippen LogP contribution is 2.20. The van der Waals surface area contributed by atoms with E-state index < -0.39 is 0 Å². The van der Waals surface area contributed by atoms with Crippen molar-refractivity contribution in [1.29, 1.82) is 0 Å². The number of benzene rings is 1. The Morgan fingerprint density at radius 3 is 2.60 bits per heavy atom. The van der Waals surface area contributed by atoms with Gasteiger partial charge in [-0.05, 0) is 64.3 Å². The highest BCUT2D eigenvalue weighted by atomic mass is 16.5. The maximum absolute atomic E-state index is 12.2. The van der Waals surface area contributed by atoms with Crippen LogP contribution >= 0.6 is 0 Å². The summed E-state index contributed by atoms with van der Waals surface area (Å²) in [6.45, 7) is 4.18. The van der Waals surface area contributed by atoms with Crippen molar-refractivity contribution in [3.63, 3.8) is 0 Å². The molecule has 25 heavy (non-hydrogen) atoms. The lowest BCUT2D eigenvalue weighted by Crippen LogP contribution is -2.27. The van der Waals surface area contributed by atoms with Crippen LogP contribution in [0.4, 0.5) is 11.4 Å². The second-order valence-electron chi connectivity index (χ2n) is 5.96. The Kier molecular flexibility index (Phi) is 7.22. The van der Waals surface area contributed by atoms with Crippen molar-refractivity contribution in [1.82, 2.24) is 15.2 Å². The minimum Gasteiger partial charge on any atom is -0.494 e. The quantitative estimate of drug-likeness (QED) is 0.686. The minimum atomic E-state index is -0.110. The van der Waals surface area contributed by atoms with Crippen LogP contribution in [0.1, 0.15) is 23.7 Å². The van der Waals surface area contributed by atoms with E-state index in [0.717, 1.165) is 30.1 Å². The molecule has 2 N–H and O–H groups in total. The van der Waals surface area contributed by atoms with E-state index >= 15 is 0 Å². The van der Waals surface area contributed by atoms with E-state index in [-0.39, 0.29) is 5.91 Å². The van der Waals surface area contributed by atoms with Crippen LogP contribution in [0.3, 0.4) is 0 Å². The summed E-state index contributed by atoms with van der Waals surface area (Å²) in [5.41, 5.74) is 2.22. The Hall–Kier alpha value is -2.60. The van der Waals surface area contributed by atoms with E-state index in [4.69, 9.17) is 4.74 Å². The molecule has 1 aromatic heterocycles. The molecule has 0 aliphatic carbocycles. The largest absolute Gasteiger partial charge is 0.494 e. The molecule has 6 heteroatoms. The lowest BCUT2D eigenvalue weighted by molar-refractivity contribution is 0.0952. The van der Waals surface area contributed by atoms with Gasteiger partial charge in [-0.1, -0.05) is 0 Å². The number of aromatic nitrogens is 1. The van der Waals surface area contributed by atoms with E-state index in [2.05, 4.69) is 20.5 Å². The topological polar surface area (TPSA) is 66.5 Å². The first kappa shape index (κ1) is 18.7. The van der Waals surface area contributed by atoms with Crippen molar-refractivity contribution in [2.45, 2.75) is 13.3 Å². The third-order valence-electron chi connectivity index (χ3n) is 3.52. The highest BCUT2D eigenvalue weighted by Gasteiger charge is 2.07. The fourth-order valence-corrected chi connectivity index (χ4v) is 2.30. The van der Waals surface area contributed by atoms with E-state index in [1.165, 1.54) is 0 Å². The molecule has 0 radical (unpaired) electrons. The van der Waals surface area contributed by atoms with Gasteiger partial charge >= 0.3 is 0 Å². The first-order valence-corrected chi connectivity index (χ1v) is 8.46. The minimum absolute atomic E-state index is 0.110. The van der Waals surface area contributed by atoms with E-state index in [1.54, 1.807) is 18.5 Å². The average molecular weight is 342 g/mol. The van der Waals surface area contributed by atoms with Gasteiger partial charge in [-0.3, -0.25) is 9.78 Å². The van der Waals surface area contributed by atoms with Crippen molar-refractivity contribution in [2.75, 3.05) is 39.1 Å². The highest BCUT2D eigenvalue weighted by molar-refractivity contribution is 5.94. The van der Waals surface area contributed by atoms with Crippen LogP contribution in [0.2, 0.25) is 0 Å². The van der Waals surface area contributed by atoms with Crippen molar-refractivity contribution in [3.8, 4) is 5.75 Å². The molecule has 0 saturated heterocycles. The van der Waals surface area contributed by atoms with Gasteiger partial charge in [-0.15, -0.1) is 0 Å². The fraction of sp³-hybridized carbons (Fsp3) is 0.368. The monoisotopic (exact) mass is 342 g/mol. The van der Waals surface area contributed by atoms with Crippen LogP contribution in [0, 0.1) is 0 Å². The summed E-state index contributed by atoms with van der Waals surface area (Å²) in [6, 6.07) is 9.46. The van der Waals surface area contributed by atoms with Crippen molar-refractivity contribution < 1.29 is 9.53 Å². The van der Waals surface area contributed by atoms with Crippen LogP contribution in [0.15, 0.2) is 42.7 Å². The normalized spacial score (nSPS) is 10.6. The van der Waals surface area contributed by atoms with E-state index in [9.17, 15) is 4.79 Å². The number of carbonyl (C=O) groups excluding carboxylic acids is 1. The van der Waals surface area contributed by atoms with Crippen LogP contribution in [0.25, 0.3) is 0 Å².